The SMILES string of the molecule is CC(C)CCOCCN(C)c1ccc(N)cc1C(=O)O. The highest BCUT2D eigenvalue weighted by atomic mass is 16.5. The first kappa shape index (κ1) is 16.3. The Morgan fingerprint density at radius 3 is 2.70 bits per heavy atom. The van der Waals surface area contributed by atoms with Crippen LogP contribution >= 0.6 is 0 Å². The molecule has 0 aliphatic heterocycles. The van der Waals surface area contributed by atoms with Crippen LogP contribution in [0.1, 0.15) is 30.6 Å². The summed E-state index contributed by atoms with van der Waals surface area (Å²) in [6.45, 7) is 6.26. The lowest BCUT2D eigenvalue weighted by Crippen LogP contribution is -2.25. The average molecular weight is 280 g/mol. The van der Waals surface area contributed by atoms with Crippen LogP contribution in [0.4, 0.5) is 11.4 Å². The molecule has 1 rings (SSSR count). The van der Waals surface area contributed by atoms with Crippen molar-refractivity contribution in [2.24, 2.45) is 5.92 Å². The van der Waals surface area contributed by atoms with Gasteiger partial charge in [0, 0.05) is 25.9 Å². The van der Waals surface area contributed by atoms with E-state index in [-0.39, 0.29) is 5.56 Å². The summed E-state index contributed by atoms with van der Waals surface area (Å²) in [7, 11) is 1.85. The molecule has 0 aliphatic carbocycles. The van der Waals surface area contributed by atoms with E-state index in [9.17, 15) is 9.90 Å². The predicted molar refractivity (Wildman–Crippen MR) is 81.4 cm³/mol. The predicted octanol–water partition coefficient (Wildman–Crippen LogP) is 2.47. The molecule has 3 N–H and O–H groups in total. The maximum Gasteiger partial charge on any atom is 0.337 e. The Kier molecular flexibility index (Phi) is 6.31. The molecule has 0 aromatic heterocycles. The molecule has 112 valence electrons. The number of likely N-dealkylation sites (N-methyl/N-ethyl adjacent to an activating group) is 1. The molecule has 0 unspecified atom stereocenters. The van der Waals surface area contributed by atoms with Crippen molar-refractivity contribution in [2.75, 3.05) is 37.4 Å². The fourth-order valence-corrected chi connectivity index (χ4v) is 1.80. The molecule has 0 saturated carbocycles. The number of rotatable bonds is 8. The number of carboxylic acid groups (broad SMARTS) is 1. The van der Waals surface area contributed by atoms with E-state index in [0.717, 1.165) is 13.0 Å². The minimum absolute atomic E-state index is 0.217. The minimum Gasteiger partial charge on any atom is -0.478 e. The van der Waals surface area contributed by atoms with Gasteiger partial charge in [0.05, 0.1) is 17.9 Å². The van der Waals surface area contributed by atoms with Gasteiger partial charge in [0.1, 0.15) is 0 Å². The van der Waals surface area contributed by atoms with Crippen LogP contribution in [-0.4, -0.2) is 37.9 Å². The number of nitrogens with zero attached hydrogens (tertiary/aromatic N) is 1. The van der Waals surface area contributed by atoms with Crippen LogP contribution in [-0.2, 0) is 4.74 Å². The van der Waals surface area contributed by atoms with Crippen LogP contribution in [0.2, 0.25) is 0 Å². The fourth-order valence-electron chi connectivity index (χ4n) is 1.80. The molecule has 0 fully saturated rings. The number of hydrogen-bond donors (Lipinski definition) is 2. The van der Waals surface area contributed by atoms with Crippen LogP contribution in [0, 0.1) is 5.92 Å². The molecule has 0 atom stereocenters. The van der Waals surface area contributed by atoms with Gasteiger partial charge < -0.3 is 20.5 Å². The van der Waals surface area contributed by atoms with Crippen molar-refractivity contribution in [3.8, 4) is 0 Å². The summed E-state index contributed by atoms with van der Waals surface area (Å²) in [5.74, 6) is -0.344. The molecule has 5 nitrogen and oxygen atoms in total. The zero-order valence-electron chi connectivity index (χ0n) is 12.4. The molecule has 5 heteroatoms. The van der Waals surface area contributed by atoms with Crippen molar-refractivity contribution >= 4 is 17.3 Å². The third kappa shape index (κ3) is 5.09. The van der Waals surface area contributed by atoms with Gasteiger partial charge in [0.25, 0.3) is 0 Å². The van der Waals surface area contributed by atoms with Crippen LogP contribution in [0.3, 0.4) is 0 Å². The number of nitrogen functional groups attached to an aromatic ring is 1. The van der Waals surface area contributed by atoms with E-state index in [1.807, 2.05) is 11.9 Å². The molecule has 20 heavy (non-hydrogen) atoms. The maximum atomic E-state index is 11.2. The zero-order chi connectivity index (χ0) is 15.1. The first-order chi connectivity index (χ1) is 9.41. The van der Waals surface area contributed by atoms with Gasteiger partial charge in [0.15, 0.2) is 0 Å². The third-order valence-corrected chi connectivity index (χ3v) is 3.07. The number of nitrogens with two attached hydrogens (primary N) is 1. The number of carboxylic acids is 1. The van der Waals surface area contributed by atoms with E-state index < -0.39 is 5.97 Å². The van der Waals surface area contributed by atoms with Crippen LogP contribution < -0.4 is 10.6 Å². The summed E-state index contributed by atoms with van der Waals surface area (Å²) in [5.41, 5.74) is 6.95. The minimum atomic E-state index is -0.972. The molecule has 1 aromatic rings. The molecule has 0 aliphatic rings. The van der Waals surface area contributed by atoms with E-state index in [2.05, 4.69) is 13.8 Å². The molecule has 0 amide bonds. The highest BCUT2D eigenvalue weighted by Gasteiger charge is 2.13. The van der Waals surface area contributed by atoms with Gasteiger partial charge in [-0.05, 0) is 30.5 Å². The van der Waals surface area contributed by atoms with Gasteiger partial charge in [-0.3, -0.25) is 0 Å². The lowest BCUT2D eigenvalue weighted by Gasteiger charge is -2.21. The average Bonchev–Trinajstić information content (AvgIpc) is 2.37. The highest BCUT2D eigenvalue weighted by molar-refractivity contribution is 5.95. The van der Waals surface area contributed by atoms with E-state index in [0.29, 0.717) is 30.4 Å². The normalized spacial score (nSPS) is 10.8. The zero-order valence-corrected chi connectivity index (χ0v) is 12.4. The first-order valence-corrected chi connectivity index (χ1v) is 6.83. The Balaban J connectivity index is 2.55. The van der Waals surface area contributed by atoms with Crippen LogP contribution in [0.25, 0.3) is 0 Å². The van der Waals surface area contributed by atoms with Crippen molar-refractivity contribution in [2.45, 2.75) is 20.3 Å². The molecule has 1 aromatic carbocycles. The topological polar surface area (TPSA) is 75.8 Å². The number of benzene rings is 1. The first-order valence-electron chi connectivity index (χ1n) is 6.83. The Bertz CT molecular complexity index is 447. The molecular weight excluding hydrogens is 256 g/mol. The number of hydrogen-bond acceptors (Lipinski definition) is 4. The quantitative estimate of drug-likeness (QED) is 0.565. The Labute approximate surface area is 120 Å². The van der Waals surface area contributed by atoms with Gasteiger partial charge in [-0.2, -0.15) is 0 Å². The summed E-state index contributed by atoms with van der Waals surface area (Å²) in [5, 5.41) is 9.20. The summed E-state index contributed by atoms with van der Waals surface area (Å²) < 4.78 is 5.55. The summed E-state index contributed by atoms with van der Waals surface area (Å²) in [6.07, 6.45) is 1.03. The number of aromatic carboxylic acids is 1. The van der Waals surface area contributed by atoms with Crippen LogP contribution in [0.15, 0.2) is 18.2 Å². The van der Waals surface area contributed by atoms with E-state index in [1.54, 1.807) is 12.1 Å². The largest absolute Gasteiger partial charge is 0.478 e. The van der Waals surface area contributed by atoms with E-state index in [4.69, 9.17) is 10.5 Å². The lowest BCUT2D eigenvalue weighted by molar-refractivity contribution is 0.0697. The maximum absolute atomic E-state index is 11.2. The van der Waals surface area contributed by atoms with Gasteiger partial charge in [-0.1, -0.05) is 13.8 Å². The molecular formula is C15H24N2O3. The van der Waals surface area contributed by atoms with Crippen molar-refractivity contribution in [1.29, 1.82) is 0 Å². The van der Waals surface area contributed by atoms with Crippen molar-refractivity contribution in [3.63, 3.8) is 0 Å². The second-order valence-corrected chi connectivity index (χ2v) is 5.30. The summed E-state index contributed by atoms with van der Waals surface area (Å²) >= 11 is 0. The van der Waals surface area contributed by atoms with Crippen molar-refractivity contribution in [3.05, 3.63) is 23.8 Å². The second-order valence-electron chi connectivity index (χ2n) is 5.30. The summed E-state index contributed by atoms with van der Waals surface area (Å²) in [4.78, 5) is 13.1. The molecule has 0 spiro atoms. The number of anilines is 2. The van der Waals surface area contributed by atoms with Crippen molar-refractivity contribution < 1.29 is 14.6 Å². The van der Waals surface area contributed by atoms with E-state index in [1.165, 1.54) is 6.07 Å². The molecule has 0 heterocycles. The van der Waals surface area contributed by atoms with E-state index >= 15 is 0 Å². The van der Waals surface area contributed by atoms with Gasteiger partial charge in [0.2, 0.25) is 0 Å². The molecule has 0 radical (unpaired) electrons. The lowest BCUT2D eigenvalue weighted by atomic mass is 10.1. The Morgan fingerprint density at radius 1 is 1.40 bits per heavy atom. The van der Waals surface area contributed by atoms with Crippen molar-refractivity contribution in [1.82, 2.24) is 0 Å². The molecule has 0 bridgehead atoms. The Morgan fingerprint density at radius 2 is 2.10 bits per heavy atom. The van der Waals surface area contributed by atoms with Gasteiger partial charge in [-0.25, -0.2) is 4.79 Å². The second kappa shape index (κ2) is 7.75. The molecule has 0 saturated heterocycles. The number of ether oxygens (including phenoxy) is 1. The monoisotopic (exact) mass is 280 g/mol. The van der Waals surface area contributed by atoms with Crippen LogP contribution in [0.5, 0.6) is 0 Å². The van der Waals surface area contributed by atoms with Gasteiger partial charge >= 0.3 is 5.97 Å². The Hall–Kier alpha value is -1.75. The third-order valence-electron chi connectivity index (χ3n) is 3.07. The van der Waals surface area contributed by atoms with Gasteiger partial charge in [-0.15, -0.1) is 0 Å². The smallest absolute Gasteiger partial charge is 0.337 e. The fraction of sp³-hybridized carbons (Fsp3) is 0.533. The summed E-state index contributed by atoms with van der Waals surface area (Å²) in [6, 6.07) is 4.92. The highest BCUT2D eigenvalue weighted by Crippen LogP contribution is 2.22. The standard InChI is InChI=1S/C15H24N2O3/c1-11(2)6-8-20-9-7-17(3)14-5-4-12(16)10-13(14)15(18)19/h4-5,10-11H,6-9,16H2,1-3H3,(H,18,19). The number of carbonyl (C=O) groups is 1.